The number of carbonyl (C=O) groups is 1. The maximum absolute atomic E-state index is 11.7. The Morgan fingerprint density at radius 2 is 2.00 bits per heavy atom. The topological polar surface area (TPSA) is 40.9 Å². The average Bonchev–Trinajstić information content (AvgIpc) is 2.27. The van der Waals surface area contributed by atoms with Crippen molar-refractivity contribution in [3.05, 3.63) is 0 Å². The van der Waals surface area contributed by atoms with E-state index >= 15 is 0 Å². The molecule has 0 bridgehead atoms. The minimum atomic E-state index is -0.404. The fourth-order valence-corrected chi connectivity index (χ4v) is 2.27. The summed E-state index contributed by atoms with van der Waals surface area (Å²) in [6, 6.07) is 2.04. The van der Waals surface area contributed by atoms with Crippen LogP contribution in [0, 0.1) is 29.1 Å². The van der Waals surface area contributed by atoms with E-state index in [1.165, 1.54) is 19.3 Å². The molecule has 1 aliphatic carbocycles. The molecule has 0 N–H and O–H groups in total. The Kier molecular flexibility index (Phi) is 4.13. The summed E-state index contributed by atoms with van der Waals surface area (Å²) in [7, 11) is 0. The largest absolute Gasteiger partial charge is 0.298 e. The highest BCUT2D eigenvalue weighted by molar-refractivity contribution is 5.85. The molecule has 78 valence electrons. The first kappa shape index (κ1) is 11.2. The molecule has 0 radical (unpaired) electrons. The van der Waals surface area contributed by atoms with Crippen LogP contribution in [-0.4, -0.2) is 5.78 Å². The number of hydrogen-bond acceptors (Lipinski definition) is 2. The van der Waals surface area contributed by atoms with Crippen molar-refractivity contribution in [2.75, 3.05) is 0 Å². The first-order valence-electron chi connectivity index (χ1n) is 5.62. The minimum absolute atomic E-state index is 0.169. The number of carbonyl (C=O) groups excluding carboxylic acids is 1. The van der Waals surface area contributed by atoms with Crippen molar-refractivity contribution in [2.24, 2.45) is 17.8 Å². The second kappa shape index (κ2) is 5.14. The van der Waals surface area contributed by atoms with Gasteiger partial charge < -0.3 is 0 Å². The van der Waals surface area contributed by atoms with Crippen molar-refractivity contribution in [2.45, 2.75) is 46.0 Å². The molecule has 1 aliphatic rings. The standard InChI is InChI=1S/C12H19NO/c1-3-10-4-6-11(7-5-10)12(14)9(2)8-13/h9-11H,3-7H2,1-2H3. The zero-order chi connectivity index (χ0) is 10.6. The van der Waals surface area contributed by atoms with Crippen LogP contribution < -0.4 is 0 Å². The van der Waals surface area contributed by atoms with E-state index in [0.717, 1.165) is 18.8 Å². The third kappa shape index (κ3) is 2.57. The Balaban J connectivity index is 2.42. The summed E-state index contributed by atoms with van der Waals surface area (Å²) >= 11 is 0. The lowest BCUT2D eigenvalue weighted by Gasteiger charge is -2.27. The van der Waals surface area contributed by atoms with E-state index in [9.17, 15) is 4.79 Å². The van der Waals surface area contributed by atoms with E-state index in [4.69, 9.17) is 5.26 Å². The van der Waals surface area contributed by atoms with Crippen LogP contribution in [0.2, 0.25) is 0 Å². The van der Waals surface area contributed by atoms with Gasteiger partial charge in [0.2, 0.25) is 0 Å². The molecular formula is C12H19NO. The molecule has 0 heterocycles. The van der Waals surface area contributed by atoms with Crippen LogP contribution in [0.15, 0.2) is 0 Å². The van der Waals surface area contributed by atoms with Gasteiger partial charge in [0.25, 0.3) is 0 Å². The monoisotopic (exact) mass is 193 g/mol. The maximum atomic E-state index is 11.7. The molecule has 2 heteroatoms. The summed E-state index contributed by atoms with van der Waals surface area (Å²) in [6.45, 7) is 3.93. The molecule has 1 rings (SSSR count). The number of Topliss-reactive ketones (excluding diaryl/α,β-unsaturated/α-hetero) is 1. The van der Waals surface area contributed by atoms with E-state index < -0.39 is 5.92 Å². The van der Waals surface area contributed by atoms with Crippen molar-refractivity contribution in [1.82, 2.24) is 0 Å². The highest BCUT2D eigenvalue weighted by atomic mass is 16.1. The van der Waals surface area contributed by atoms with Crippen LogP contribution in [0.4, 0.5) is 0 Å². The van der Waals surface area contributed by atoms with Crippen LogP contribution in [-0.2, 0) is 4.79 Å². The van der Waals surface area contributed by atoms with Crippen molar-refractivity contribution < 1.29 is 4.79 Å². The summed E-state index contributed by atoms with van der Waals surface area (Å²) < 4.78 is 0. The van der Waals surface area contributed by atoms with Crippen LogP contribution in [0.3, 0.4) is 0 Å². The molecule has 14 heavy (non-hydrogen) atoms. The van der Waals surface area contributed by atoms with Crippen molar-refractivity contribution in [1.29, 1.82) is 5.26 Å². The van der Waals surface area contributed by atoms with E-state index in [-0.39, 0.29) is 11.7 Å². The van der Waals surface area contributed by atoms with Gasteiger partial charge in [0.15, 0.2) is 5.78 Å². The van der Waals surface area contributed by atoms with Gasteiger partial charge >= 0.3 is 0 Å². The zero-order valence-electron chi connectivity index (χ0n) is 9.12. The number of rotatable bonds is 3. The normalized spacial score (nSPS) is 29.2. The van der Waals surface area contributed by atoms with Gasteiger partial charge in [0, 0.05) is 5.92 Å². The first-order chi connectivity index (χ1) is 6.69. The number of nitrogens with zero attached hydrogens (tertiary/aromatic N) is 1. The summed E-state index contributed by atoms with van der Waals surface area (Å²) in [5.41, 5.74) is 0. The predicted molar refractivity (Wildman–Crippen MR) is 55.5 cm³/mol. The Labute approximate surface area is 86.3 Å². The Morgan fingerprint density at radius 1 is 1.43 bits per heavy atom. The van der Waals surface area contributed by atoms with Gasteiger partial charge in [0.1, 0.15) is 5.92 Å². The average molecular weight is 193 g/mol. The van der Waals surface area contributed by atoms with Crippen LogP contribution in [0.25, 0.3) is 0 Å². The smallest absolute Gasteiger partial charge is 0.152 e. The Bertz CT molecular complexity index is 233. The quantitative estimate of drug-likeness (QED) is 0.691. The number of nitriles is 1. The number of hydrogen-bond donors (Lipinski definition) is 0. The summed E-state index contributed by atoms with van der Waals surface area (Å²) in [4.78, 5) is 11.7. The Hall–Kier alpha value is -0.840. The molecule has 0 aromatic rings. The van der Waals surface area contributed by atoms with Gasteiger partial charge in [-0.25, -0.2) is 0 Å². The molecule has 1 fully saturated rings. The van der Waals surface area contributed by atoms with Gasteiger partial charge in [-0.15, -0.1) is 0 Å². The van der Waals surface area contributed by atoms with Gasteiger partial charge in [-0.2, -0.15) is 5.26 Å². The first-order valence-corrected chi connectivity index (χ1v) is 5.62. The molecule has 2 nitrogen and oxygen atoms in total. The molecule has 0 aliphatic heterocycles. The zero-order valence-corrected chi connectivity index (χ0v) is 9.12. The van der Waals surface area contributed by atoms with Crippen LogP contribution in [0.1, 0.15) is 46.0 Å². The molecule has 0 spiro atoms. The van der Waals surface area contributed by atoms with E-state index in [2.05, 4.69) is 6.92 Å². The van der Waals surface area contributed by atoms with E-state index in [1.807, 2.05) is 6.07 Å². The molecule has 1 unspecified atom stereocenters. The van der Waals surface area contributed by atoms with Crippen LogP contribution >= 0.6 is 0 Å². The predicted octanol–water partition coefficient (Wildman–Crippen LogP) is 2.93. The van der Waals surface area contributed by atoms with Crippen molar-refractivity contribution in [3.8, 4) is 6.07 Å². The van der Waals surface area contributed by atoms with Crippen molar-refractivity contribution >= 4 is 5.78 Å². The highest BCUT2D eigenvalue weighted by Gasteiger charge is 2.28. The fraction of sp³-hybridized carbons (Fsp3) is 0.833. The molecular weight excluding hydrogens is 174 g/mol. The molecule has 1 saturated carbocycles. The third-order valence-corrected chi connectivity index (χ3v) is 3.45. The summed E-state index contributed by atoms with van der Waals surface area (Å²) in [5, 5.41) is 8.66. The van der Waals surface area contributed by atoms with Gasteiger partial charge in [0.05, 0.1) is 6.07 Å². The summed E-state index contributed by atoms with van der Waals surface area (Å²) in [6.07, 6.45) is 5.58. The lowest BCUT2D eigenvalue weighted by atomic mass is 9.77. The van der Waals surface area contributed by atoms with Gasteiger partial charge in [-0.05, 0) is 38.5 Å². The molecule has 1 atom stereocenters. The lowest BCUT2D eigenvalue weighted by molar-refractivity contribution is -0.126. The highest BCUT2D eigenvalue weighted by Crippen LogP contribution is 2.32. The molecule has 0 aromatic carbocycles. The molecule has 0 saturated heterocycles. The van der Waals surface area contributed by atoms with E-state index in [0.29, 0.717) is 0 Å². The SMILES string of the molecule is CCC1CCC(C(=O)C(C)C#N)CC1. The van der Waals surface area contributed by atoms with Gasteiger partial charge in [-0.3, -0.25) is 4.79 Å². The van der Waals surface area contributed by atoms with E-state index in [1.54, 1.807) is 6.92 Å². The fourth-order valence-electron chi connectivity index (χ4n) is 2.27. The number of ketones is 1. The summed E-state index contributed by atoms with van der Waals surface area (Å²) in [5.74, 6) is 0.754. The third-order valence-electron chi connectivity index (χ3n) is 3.45. The van der Waals surface area contributed by atoms with Crippen molar-refractivity contribution in [3.63, 3.8) is 0 Å². The second-order valence-electron chi connectivity index (χ2n) is 4.38. The molecule has 0 amide bonds. The van der Waals surface area contributed by atoms with Crippen LogP contribution in [0.5, 0.6) is 0 Å². The molecule has 0 aromatic heterocycles. The lowest BCUT2D eigenvalue weighted by Crippen LogP contribution is -2.25. The maximum Gasteiger partial charge on any atom is 0.152 e. The van der Waals surface area contributed by atoms with Gasteiger partial charge in [-0.1, -0.05) is 13.3 Å². The second-order valence-corrected chi connectivity index (χ2v) is 4.38. The Morgan fingerprint density at radius 3 is 2.43 bits per heavy atom. The minimum Gasteiger partial charge on any atom is -0.298 e.